The average Bonchev–Trinajstić information content (AvgIpc) is 2.79. The number of rotatable bonds is 4. The lowest BCUT2D eigenvalue weighted by atomic mass is 9.93. The van der Waals surface area contributed by atoms with Crippen molar-refractivity contribution in [3.05, 3.63) is 47.5 Å². The lowest BCUT2D eigenvalue weighted by Crippen LogP contribution is -2.39. The van der Waals surface area contributed by atoms with Crippen molar-refractivity contribution < 1.29 is 22.3 Å². The molecule has 1 aromatic heterocycles. The maximum atomic E-state index is 14.0. The Morgan fingerprint density at radius 1 is 1.13 bits per heavy atom. The van der Waals surface area contributed by atoms with Crippen LogP contribution < -0.4 is 4.90 Å². The summed E-state index contributed by atoms with van der Waals surface area (Å²) in [4.78, 5) is 25.4. The molecule has 4 rings (SSSR count). The highest BCUT2D eigenvalue weighted by Gasteiger charge is 2.31. The largest absolute Gasteiger partial charge is 0.378 e. The van der Waals surface area contributed by atoms with Crippen molar-refractivity contribution in [2.24, 2.45) is 0 Å². The number of halogens is 1. The van der Waals surface area contributed by atoms with Crippen molar-refractivity contribution in [2.75, 3.05) is 50.5 Å². The van der Waals surface area contributed by atoms with Crippen LogP contribution in [0.15, 0.2) is 35.4 Å². The molecule has 0 spiro atoms. The molecule has 3 heterocycles. The highest BCUT2D eigenvalue weighted by atomic mass is 32.2. The van der Waals surface area contributed by atoms with E-state index in [-0.39, 0.29) is 22.3 Å². The summed E-state index contributed by atoms with van der Waals surface area (Å²) < 4.78 is 44.1. The zero-order valence-corrected chi connectivity index (χ0v) is 18.1. The third-order valence-electron chi connectivity index (χ3n) is 5.74. The number of morpholine rings is 1. The van der Waals surface area contributed by atoms with Crippen LogP contribution in [0, 0.1) is 5.82 Å². The number of carbonyl (C=O) groups excluding carboxylic acids is 1. The predicted molar refractivity (Wildman–Crippen MR) is 112 cm³/mol. The van der Waals surface area contributed by atoms with Gasteiger partial charge in [-0.2, -0.15) is 0 Å². The van der Waals surface area contributed by atoms with Gasteiger partial charge in [-0.3, -0.25) is 4.79 Å². The third kappa shape index (κ3) is 4.69. The van der Waals surface area contributed by atoms with Crippen LogP contribution in [0.2, 0.25) is 0 Å². The Morgan fingerprint density at radius 3 is 2.45 bits per heavy atom. The van der Waals surface area contributed by atoms with E-state index in [2.05, 4.69) is 9.97 Å². The van der Waals surface area contributed by atoms with Gasteiger partial charge >= 0.3 is 0 Å². The lowest BCUT2D eigenvalue weighted by Gasteiger charge is -2.33. The van der Waals surface area contributed by atoms with Gasteiger partial charge in [0.05, 0.1) is 30.7 Å². The first kappa shape index (κ1) is 21.6. The quantitative estimate of drug-likeness (QED) is 0.705. The number of aromatic nitrogens is 2. The van der Waals surface area contributed by atoms with Crippen LogP contribution in [0.4, 0.5) is 10.3 Å². The molecule has 0 unspecified atom stereocenters. The molecule has 0 radical (unpaired) electrons. The van der Waals surface area contributed by atoms with Gasteiger partial charge in [-0.1, -0.05) is 12.1 Å². The molecule has 0 aliphatic carbocycles. The van der Waals surface area contributed by atoms with Crippen LogP contribution in [0.5, 0.6) is 0 Å². The number of hydrogen-bond acceptors (Lipinski definition) is 7. The molecule has 2 aliphatic heterocycles. The number of piperidine rings is 1. The Bertz CT molecular complexity index is 1060. The van der Waals surface area contributed by atoms with E-state index in [1.165, 1.54) is 18.3 Å². The number of amides is 1. The van der Waals surface area contributed by atoms with Crippen LogP contribution in [-0.4, -0.2) is 74.8 Å². The van der Waals surface area contributed by atoms with E-state index in [0.29, 0.717) is 63.9 Å². The summed E-state index contributed by atoms with van der Waals surface area (Å²) in [6.45, 7) is 3.24. The molecule has 166 valence electrons. The van der Waals surface area contributed by atoms with Crippen molar-refractivity contribution in [3.8, 4) is 0 Å². The van der Waals surface area contributed by atoms with Crippen molar-refractivity contribution in [1.29, 1.82) is 0 Å². The van der Waals surface area contributed by atoms with E-state index < -0.39 is 15.7 Å². The Kier molecular flexibility index (Phi) is 6.19. The summed E-state index contributed by atoms with van der Waals surface area (Å²) in [5, 5.41) is 0. The van der Waals surface area contributed by atoms with Crippen molar-refractivity contribution in [1.82, 2.24) is 14.9 Å². The molecule has 1 aromatic carbocycles. The van der Waals surface area contributed by atoms with E-state index in [9.17, 15) is 17.6 Å². The first-order chi connectivity index (χ1) is 14.8. The van der Waals surface area contributed by atoms with Gasteiger partial charge in [0.2, 0.25) is 5.95 Å². The summed E-state index contributed by atoms with van der Waals surface area (Å²) in [5.74, 6) is -0.524. The molecule has 0 saturated carbocycles. The van der Waals surface area contributed by atoms with Crippen LogP contribution >= 0.6 is 0 Å². The molecule has 8 nitrogen and oxygen atoms in total. The van der Waals surface area contributed by atoms with Gasteiger partial charge in [-0.15, -0.1) is 0 Å². The molecule has 2 aliphatic rings. The number of likely N-dealkylation sites (tertiary alicyclic amines) is 1. The normalized spacial score (nSPS) is 18.3. The second-order valence-electron chi connectivity index (χ2n) is 7.84. The Labute approximate surface area is 181 Å². The number of ether oxygens (including phenoxy) is 1. The van der Waals surface area contributed by atoms with Crippen LogP contribution in [0.25, 0.3) is 0 Å². The Balaban J connectivity index is 1.55. The van der Waals surface area contributed by atoms with E-state index >= 15 is 0 Å². The van der Waals surface area contributed by atoms with E-state index in [0.717, 1.165) is 6.26 Å². The SMILES string of the molecule is CS(=O)(=O)c1cnc(N2CCOCC2)nc1C1CCN(C(=O)c2ccccc2F)CC1. The number of anilines is 1. The lowest BCUT2D eigenvalue weighted by molar-refractivity contribution is 0.0706. The number of sulfone groups is 1. The van der Waals surface area contributed by atoms with Gasteiger partial charge in [0.15, 0.2) is 9.84 Å². The van der Waals surface area contributed by atoms with Crippen molar-refractivity contribution in [3.63, 3.8) is 0 Å². The molecule has 1 amide bonds. The fraction of sp³-hybridized carbons (Fsp3) is 0.476. The minimum atomic E-state index is -3.51. The van der Waals surface area contributed by atoms with E-state index in [1.807, 2.05) is 4.90 Å². The highest BCUT2D eigenvalue weighted by Crippen LogP contribution is 2.32. The third-order valence-corrected chi connectivity index (χ3v) is 6.85. The molecule has 2 fully saturated rings. The van der Waals surface area contributed by atoms with Crippen LogP contribution in [0.1, 0.15) is 34.8 Å². The van der Waals surface area contributed by atoms with Crippen LogP contribution in [-0.2, 0) is 14.6 Å². The maximum Gasteiger partial charge on any atom is 0.256 e. The summed E-state index contributed by atoms with van der Waals surface area (Å²) >= 11 is 0. The molecule has 0 atom stereocenters. The minimum Gasteiger partial charge on any atom is -0.378 e. The zero-order chi connectivity index (χ0) is 22.0. The number of nitrogens with zero attached hydrogens (tertiary/aromatic N) is 4. The van der Waals surface area contributed by atoms with Gasteiger partial charge in [0, 0.05) is 38.4 Å². The average molecular weight is 449 g/mol. The summed E-state index contributed by atoms with van der Waals surface area (Å²) in [7, 11) is -3.51. The van der Waals surface area contributed by atoms with Gasteiger partial charge in [0.1, 0.15) is 10.7 Å². The molecule has 31 heavy (non-hydrogen) atoms. The Hall–Kier alpha value is -2.59. The first-order valence-electron chi connectivity index (χ1n) is 10.3. The summed E-state index contributed by atoms with van der Waals surface area (Å²) in [6.07, 6.45) is 3.63. The number of hydrogen-bond donors (Lipinski definition) is 0. The van der Waals surface area contributed by atoms with E-state index in [1.54, 1.807) is 17.0 Å². The number of benzene rings is 1. The van der Waals surface area contributed by atoms with Gasteiger partial charge in [-0.25, -0.2) is 22.8 Å². The second kappa shape index (κ2) is 8.88. The minimum absolute atomic E-state index is 0.0504. The molecular formula is C21H25FN4O4S. The van der Waals surface area contributed by atoms with E-state index in [4.69, 9.17) is 4.74 Å². The van der Waals surface area contributed by atoms with Crippen molar-refractivity contribution in [2.45, 2.75) is 23.7 Å². The van der Waals surface area contributed by atoms with Gasteiger partial charge in [-0.05, 0) is 25.0 Å². The molecule has 0 N–H and O–H groups in total. The molecule has 2 aromatic rings. The highest BCUT2D eigenvalue weighted by molar-refractivity contribution is 7.90. The smallest absolute Gasteiger partial charge is 0.256 e. The molecule has 0 bridgehead atoms. The maximum absolute atomic E-state index is 14.0. The van der Waals surface area contributed by atoms with Crippen LogP contribution in [0.3, 0.4) is 0 Å². The molecule has 10 heteroatoms. The summed E-state index contributed by atoms with van der Waals surface area (Å²) in [5.41, 5.74) is 0.548. The topological polar surface area (TPSA) is 92.7 Å². The predicted octanol–water partition coefficient (Wildman–Crippen LogP) is 1.88. The van der Waals surface area contributed by atoms with Crippen molar-refractivity contribution >= 4 is 21.7 Å². The number of carbonyl (C=O) groups is 1. The summed E-state index contributed by atoms with van der Waals surface area (Å²) in [6, 6.07) is 5.93. The standard InChI is InChI=1S/C21H25FN4O4S/c1-31(28,29)18-14-23-21(26-10-12-30-13-11-26)24-19(18)15-6-8-25(9-7-15)20(27)16-4-2-3-5-17(16)22/h2-5,14-15H,6-13H2,1H3. The molecular weight excluding hydrogens is 423 g/mol. The zero-order valence-electron chi connectivity index (χ0n) is 17.3. The second-order valence-corrected chi connectivity index (χ2v) is 9.82. The molecule has 2 saturated heterocycles. The van der Waals surface area contributed by atoms with Gasteiger partial charge in [0.25, 0.3) is 5.91 Å². The Morgan fingerprint density at radius 2 is 1.81 bits per heavy atom. The van der Waals surface area contributed by atoms with Gasteiger partial charge < -0.3 is 14.5 Å². The fourth-order valence-electron chi connectivity index (χ4n) is 4.03. The monoisotopic (exact) mass is 448 g/mol. The fourth-order valence-corrected chi connectivity index (χ4v) is 4.87. The first-order valence-corrected chi connectivity index (χ1v) is 12.2.